The Morgan fingerprint density at radius 1 is 1.12 bits per heavy atom. The molecule has 1 atom stereocenters. The summed E-state index contributed by atoms with van der Waals surface area (Å²) in [5, 5.41) is 11.7. The van der Waals surface area contributed by atoms with Crippen LogP contribution in [0.25, 0.3) is 10.8 Å². The van der Waals surface area contributed by atoms with Crippen molar-refractivity contribution >= 4 is 10.8 Å². The number of benzene rings is 2. The summed E-state index contributed by atoms with van der Waals surface area (Å²) < 4.78 is 0. The number of nitrogens with two attached hydrogens (primary N) is 1. The zero-order valence-corrected chi connectivity index (χ0v) is 9.48. The SMILES string of the molecule is CCC[C@@H](N)c1ccc(O)c2ccccc12. The second-order valence-electron chi connectivity index (χ2n) is 4.11. The van der Waals surface area contributed by atoms with E-state index in [4.69, 9.17) is 5.73 Å². The average Bonchev–Trinajstić information content (AvgIpc) is 2.30. The van der Waals surface area contributed by atoms with Gasteiger partial charge in [-0.3, -0.25) is 0 Å². The van der Waals surface area contributed by atoms with Crippen molar-refractivity contribution in [2.75, 3.05) is 0 Å². The molecule has 2 rings (SSSR count). The maximum Gasteiger partial charge on any atom is 0.123 e. The normalized spacial score (nSPS) is 12.9. The van der Waals surface area contributed by atoms with Crippen molar-refractivity contribution in [2.45, 2.75) is 25.8 Å². The predicted molar refractivity (Wildman–Crippen MR) is 67.4 cm³/mol. The molecule has 2 nitrogen and oxygen atoms in total. The van der Waals surface area contributed by atoms with Gasteiger partial charge in [-0.25, -0.2) is 0 Å². The Morgan fingerprint density at radius 3 is 2.50 bits per heavy atom. The summed E-state index contributed by atoms with van der Waals surface area (Å²) >= 11 is 0. The van der Waals surface area contributed by atoms with Gasteiger partial charge in [-0.05, 0) is 23.4 Å². The van der Waals surface area contributed by atoms with Gasteiger partial charge in [0.25, 0.3) is 0 Å². The smallest absolute Gasteiger partial charge is 0.123 e. The highest BCUT2D eigenvalue weighted by atomic mass is 16.3. The van der Waals surface area contributed by atoms with E-state index in [1.165, 1.54) is 0 Å². The summed E-state index contributed by atoms with van der Waals surface area (Å²) in [7, 11) is 0. The quantitative estimate of drug-likeness (QED) is 0.824. The van der Waals surface area contributed by atoms with Crippen LogP contribution in [-0.2, 0) is 0 Å². The first-order chi connectivity index (χ1) is 7.74. The van der Waals surface area contributed by atoms with Crippen LogP contribution in [0, 0.1) is 0 Å². The van der Waals surface area contributed by atoms with E-state index in [9.17, 15) is 5.11 Å². The highest BCUT2D eigenvalue weighted by Crippen LogP contribution is 2.31. The molecule has 0 spiro atoms. The molecule has 2 aromatic carbocycles. The molecule has 0 amide bonds. The molecular weight excluding hydrogens is 198 g/mol. The van der Waals surface area contributed by atoms with Crippen LogP contribution in [0.5, 0.6) is 5.75 Å². The van der Waals surface area contributed by atoms with Crippen LogP contribution in [0.2, 0.25) is 0 Å². The molecule has 0 unspecified atom stereocenters. The van der Waals surface area contributed by atoms with Crippen molar-refractivity contribution in [3.63, 3.8) is 0 Å². The van der Waals surface area contributed by atoms with Crippen molar-refractivity contribution in [3.05, 3.63) is 42.0 Å². The first-order valence-electron chi connectivity index (χ1n) is 5.70. The van der Waals surface area contributed by atoms with E-state index < -0.39 is 0 Å². The third-order valence-corrected chi connectivity index (χ3v) is 2.93. The van der Waals surface area contributed by atoms with E-state index in [1.807, 2.05) is 30.3 Å². The van der Waals surface area contributed by atoms with Gasteiger partial charge in [-0.1, -0.05) is 43.7 Å². The summed E-state index contributed by atoms with van der Waals surface area (Å²) in [4.78, 5) is 0. The summed E-state index contributed by atoms with van der Waals surface area (Å²) in [5.41, 5.74) is 7.26. The molecule has 3 N–H and O–H groups in total. The highest BCUT2D eigenvalue weighted by Gasteiger charge is 2.10. The van der Waals surface area contributed by atoms with E-state index in [-0.39, 0.29) is 6.04 Å². The number of rotatable bonds is 3. The summed E-state index contributed by atoms with van der Waals surface area (Å²) in [6, 6.07) is 11.6. The molecule has 16 heavy (non-hydrogen) atoms. The van der Waals surface area contributed by atoms with E-state index in [0.29, 0.717) is 5.75 Å². The van der Waals surface area contributed by atoms with Gasteiger partial charge in [0.2, 0.25) is 0 Å². The lowest BCUT2D eigenvalue weighted by Gasteiger charge is -2.14. The molecule has 0 aromatic heterocycles. The van der Waals surface area contributed by atoms with Gasteiger partial charge in [0.1, 0.15) is 5.75 Å². The second kappa shape index (κ2) is 4.54. The summed E-state index contributed by atoms with van der Waals surface area (Å²) in [6.07, 6.45) is 2.03. The standard InChI is InChI=1S/C14H17NO/c1-2-5-13(15)11-8-9-14(16)12-7-4-3-6-10(11)12/h3-4,6-9,13,16H,2,5,15H2,1H3/t13-/m1/s1. The largest absolute Gasteiger partial charge is 0.507 e. The minimum Gasteiger partial charge on any atom is -0.507 e. The molecule has 0 saturated heterocycles. The molecule has 0 heterocycles. The van der Waals surface area contributed by atoms with Crippen LogP contribution in [0.1, 0.15) is 31.4 Å². The predicted octanol–water partition coefficient (Wildman–Crippen LogP) is 3.35. The molecule has 84 valence electrons. The number of phenols is 1. The Kier molecular flexibility index (Phi) is 3.11. The molecule has 0 fully saturated rings. The lowest BCUT2D eigenvalue weighted by Crippen LogP contribution is -2.10. The maximum atomic E-state index is 9.77. The monoisotopic (exact) mass is 215 g/mol. The fraction of sp³-hybridized carbons (Fsp3) is 0.286. The number of hydrogen-bond donors (Lipinski definition) is 2. The van der Waals surface area contributed by atoms with Gasteiger partial charge in [-0.2, -0.15) is 0 Å². The molecule has 0 saturated carbocycles. The van der Waals surface area contributed by atoms with Crippen molar-refractivity contribution in [1.82, 2.24) is 0 Å². The molecule has 0 aliphatic carbocycles. The number of hydrogen-bond acceptors (Lipinski definition) is 2. The summed E-state index contributed by atoms with van der Waals surface area (Å²) in [6.45, 7) is 2.13. The average molecular weight is 215 g/mol. The maximum absolute atomic E-state index is 9.77. The van der Waals surface area contributed by atoms with E-state index >= 15 is 0 Å². The van der Waals surface area contributed by atoms with Crippen LogP contribution >= 0.6 is 0 Å². The first kappa shape index (κ1) is 11.0. The third kappa shape index (κ3) is 1.89. The van der Waals surface area contributed by atoms with Gasteiger partial charge >= 0.3 is 0 Å². The van der Waals surface area contributed by atoms with Gasteiger partial charge < -0.3 is 10.8 Å². The van der Waals surface area contributed by atoms with Crippen LogP contribution in [0.4, 0.5) is 0 Å². The Hall–Kier alpha value is -1.54. The van der Waals surface area contributed by atoms with Crippen LogP contribution < -0.4 is 5.73 Å². The minimum absolute atomic E-state index is 0.0514. The van der Waals surface area contributed by atoms with Crippen molar-refractivity contribution in [1.29, 1.82) is 0 Å². The fourth-order valence-corrected chi connectivity index (χ4v) is 2.10. The topological polar surface area (TPSA) is 46.2 Å². The second-order valence-corrected chi connectivity index (χ2v) is 4.11. The van der Waals surface area contributed by atoms with Gasteiger partial charge in [-0.15, -0.1) is 0 Å². The number of aromatic hydroxyl groups is 1. The molecule has 2 heteroatoms. The minimum atomic E-state index is 0.0514. The van der Waals surface area contributed by atoms with Gasteiger partial charge in [0, 0.05) is 11.4 Å². The van der Waals surface area contributed by atoms with Crippen molar-refractivity contribution < 1.29 is 5.11 Å². The lowest BCUT2D eigenvalue weighted by molar-refractivity contribution is 0.481. The fourth-order valence-electron chi connectivity index (χ4n) is 2.10. The summed E-state index contributed by atoms with van der Waals surface area (Å²) in [5.74, 6) is 0.322. The van der Waals surface area contributed by atoms with Crippen molar-refractivity contribution in [2.24, 2.45) is 5.73 Å². The third-order valence-electron chi connectivity index (χ3n) is 2.93. The Morgan fingerprint density at radius 2 is 1.81 bits per heavy atom. The molecule has 0 radical (unpaired) electrons. The lowest BCUT2D eigenvalue weighted by atomic mass is 9.96. The van der Waals surface area contributed by atoms with Crippen molar-refractivity contribution in [3.8, 4) is 5.75 Å². The van der Waals surface area contributed by atoms with Gasteiger partial charge in [0.15, 0.2) is 0 Å². The Bertz CT molecular complexity index is 493. The number of phenolic OH excluding ortho intramolecular Hbond substituents is 1. The van der Waals surface area contributed by atoms with E-state index in [2.05, 4.69) is 6.92 Å². The molecule has 0 aliphatic rings. The van der Waals surface area contributed by atoms with E-state index in [1.54, 1.807) is 6.07 Å². The highest BCUT2D eigenvalue weighted by molar-refractivity contribution is 5.91. The molecular formula is C14H17NO. The van der Waals surface area contributed by atoms with Crippen LogP contribution in [-0.4, -0.2) is 5.11 Å². The van der Waals surface area contributed by atoms with Crippen LogP contribution in [0.3, 0.4) is 0 Å². The zero-order chi connectivity index (χ0) is 11.5. The van der Waals surface area contributed by atoms with Crippen LogP contribution in [0.15, 0.2) is 36.4 Å². The Balaban J connectivity index is 2.58. The molecule has 2 aromatic rings. The number of fused-ring (bicyclic) bond motifs is 1. The molecule has 0 aliphatic heterocycles. The van der Waals surface area contributed by atoms with Gasteiger partial charge in [0.05, 0.1) is 0 Å². The van der Waals surface area contributed by atoms with E-state index in [0.717, 1.165) is 29.2 Å². The first-order valence-corrected chi connectivity index (χ1v) is 5.70. The zero-order valence-electron chi connectivity index (χ0n) is 9.48. The Labute approximate surface area is 95.7 Å². The molecule has 0 bridgehead atoms.